The number of ether oxygens (including phenoxy) is 1. The molecule has 1 aliphatic rings. The molecule has 0 radical (unpaired) electrons. The zero-order valence-electron chi connectivity index (χ0n) is 19.3. The van der Waals surface area contributed by atoms with E-state index in [2.05, 4.69) is 5.32 Å². The zero-order valence-corrected chi connectivity index (χ0v) is 20.1. The molecule has 2 aromatic rings. The molecule has 3 rings (SSSR count). The summed E-state index contributed by atoms with van der Waals surface area (Å²) in [7, 11) is 5.39. The SMILES string of the molecule is COc1ccc(C2(C)NC(=O)N(CC(=O)N(CCN(C)C)Cc3ccc(Cl)cc3)C2=O)cc1. The highest BCUT2D eigenvalue weighted by Crippen LogP contribution is 2.30. The van der Waals surface area contributed by atoms with Crippen molar-refractivity contribution in [3.8, 4) is 5.75 Å². The molecule has 1 atom stereocenters. The van der Waals surface area contributed by atoms with Crippen molar-refractivity contribution >= 4 is 29.4 Å². The van der Waals surface area contributed by atoms with E-state index >= 15 is 0 Å². The fourth-order valence-corrected chi connectivity index (χ4v) is 3.74. The second-order valence-corrected chi connectivity index (χ2v) is 8.86. The molecule has 0 aromatic heterocycles. The molecule has 2 aromatic carbocycles. The van der Waals surface area contributed by atoms with Crippen LogP contribution >= 0.6 is 11.6 Å². The van der Waals surface area contributed by atoms with Crippen molar-refractivity contribution < 1.29 is 19.1 Å². The van der Waals surface area contributed by atoms with Crippen molar-refractivity contribution in [3.63, 3.8) is 0 Å². The van der Waals surface area contributed by atoms with Crippen molar-refractivity contribution in [1.29, 1.82) is 0 Å². The van der Waals surface area contributed by atoms with Crippen LogP contribution in [0.4, 0.5) is 4.79 Å². The van der Waals surface area contributed by atoms with Crippen molar-refractivity contribution in [2.75, 3.05) is 40.8 Å². The fourth-order valence-electron chi connectivity index (χ4n) is 3.62. The van der Waals surface area contributed by atoms with E-state index in [1.54, 1.807) is 55.3 Å². The summed E-state index contributed by atoms with van der Waals surface area (Å²) in [5, 5.41) is 3.35. The number of imide groups is 1. The summed E-state index contributed by atoms with van der Waals surface area (Å²) in [6.45, 7) is 2.74. The Morgan fingerprint density at radius 2 is 1.70 bits per heavy atom. The minimum atomic E-state index is -1.26. The van der Waals surface area contributed by atoms with Crippen LogP contribution in [-0.4, -0.2) is 73.4 Å². The molecule has 4 amide bonds. The standard InChI is InChI=1S/C24H29ClN4O4/c1-24(18-7-11-20(33-4)12-8-18)22(31)29(23(32)26-24)16-21(30)28(14-13-27(2)3)15-17-5-9-19(25)10-6-17/h5-12H,13-16H2,1-4H3,(H,26,32). The maximum absolute atomic E-state index is 13.2. The molecule has 0 saturated carbocycles. The number of nitrogens with zero attached hydrogens (tertiary/aromatic N) is 3. The molecule has 1 saturated heterocycles. The van der Waals surface area contributed by atoms with Gasteiger partial charge in [-0.3, -0.25) is 14.5 Å². The summed E-state index contributed by atoms with van der Waals surface area (Å²) >= 11 is 5.97. The van der Waals surface area contributed by atoms with Crippen LogP contribution in [0.3, 0.4) is 0 Å². The molecule has 33 heavy (non-hydrogen) atoms. The number of carbonyl (C=O) groups excluding carboxylic acids is 3. The molecule has 1 N–H and O–H groups in total. The lowest BCUT2D eigenvalue weighted by atomic mass is 9.92. The van der Waals surface area contributed by atoms with Crippen LogP contribution in [0.15, 0.2) is 48.5 Å². The summed E-state index contributed by atoms with van der Waals surface area (Å²) < 4.78 is 5.16. The quantitative estimate of drug-likeness (QED) is 0.567. The van der Waals surface area contributed by atoms with Crippen LogP contribution in [0, 0.1) is 0 Å². The van der Waals surface area contributed by atoms with E-state index in [0.717, 1.165) is 10.5 Å². The first-order valence-electron chi connectivity index (χ1n) is 10.6. The molecule has 0 spiro atoms. The van der Waals surface area contributed by atoms with Crippen molar-refractivity contribution in [2.45, 2.75) is 19.0 Å². The van der Waals surface area contributed by atoms with Gasteiger partial charge in [0.15, 0.2) is 0 Å². The normalized spacial score (nSPS) is 17.9. The number of urea groups is 1. The number of amides is 4. The minimum absolute atomic E-state index is 0.311. The van der Waals surface area contributed by atoms with E-state index in [0.29, 0.717) is 36.0 Å². The molecule has 9 heteroatoms. The van der Waals surface area contributed by atoms with E-state index in [-0.39, 0.29) is 12.5 Å². The van der Waals surface area contributed by atoms with Crippen LogP contribution in [0.5, 0.6) is 5.75 Å². The van der Waals surface area contributed by atoms with Gasteiger partial charge in [0, 0.05) is 24.7 Å². The molecular weight excluding hydrogens is 444 g/mol. The van der Waals surface area contributed by atoms with E-state index in [1.807, 2.05) is 31.1 Å². The molecular formula is C24H29ClN4O4. The van der Waals surface area contributed by atoms with Crippen molar-refractivity contribution in [3.05, 3.63) is 64.7 Å². The Morgan fingerprint density at radius 1 is 1.06 bits per heavy atom. The number of likely N-dealkylation sites (N-methyl/N-ethyl adjacent to an activating group) is 1. The Kier molecular flexibility index (Phi) is 7.61. The number of hydrogen-bond acceptors (Lipinski definition) is 5. The molecule has 0 aliphatic carbocycles. The highest BCUT2D eigenvalue weighted by Gasteiger charge is 2.49. The molecule has 176 valence electrons. The largest absolute Gasteiger partial charge is 0.497 e. The summed E-state index contributed by atoms with van der Waals surface area (Å²) in [5.74, 6) is -0.135. The third-order valence-corrected chi connectivity index (χ3v) is 5.94. The van der Waals surface area contributed by atoms with Gasteiger partial charge in [-0.2, -0.15) is 0 Å². The van der Waals surface area contributed by atoms with E-state index in [9.17, 15) is 14.4 Å². The lowest BCUT2D eigenvalue weighted by molar-refractivity contribution is -0.139. The first-order chi connectivity index (χ1) is 15.6. The van der Waals surface area contributed by atoms with Gasteiger partial charge in [0.05, 0.1) is 7.11 Å². The second kappa shape index (κ2) is 10.2. The van der Waals surface area contributed by atoms with Crippen LogP contribution < -0.4 is 10.1 Å². The first-order valence-corrected chi connectivity index (χ1v) is 11.0. The molecule has 1 aliphatic heterocycles. The Hall–Kier alpha value is -3.10. The highest BCUT2D eigenvalue weighted by molar-refractivity contribution is 6.30. The highest BCUT2D eigenvalue weighted by atomic mass is 35.5. The van der Waals surface area contributed by atoms with Crippen LogP contribution in [0.25, 0.3) is 0 Å². The smallest absolute Gasteiger partial charge is 0.325 e. The van der Waals surface area contributed by atoms with Gasteiger partial charge in [-0.15, -0.1) is 0 Å². The molecule has 1 unspecified atom stereocenters. The van der Waals surface area contributed by atoms with E-state index in [1.165, 1.54) is 0 Å². The summed E-state index contributed by atoms with van der Waals surface area (Å²) in [6.07, 6.45) is 0. The number of halogens is 1. The van der Waals surface area contributed by atoms with Gasteiger partial charge in [0.2, 0.25) is 5.91 Å². The maximum Gasteiger partial charge on any atom is 0.325 e. The van der Waals surface area contributed by atoms with Crippen LogP contribution in [0.1, 0.15) is 18.1 Å². The van der Waals surface area contributed by atoms with Gasteiger partial charge in [-0.05, 0) is 56.4 Å². The summed E-state index contributed by atoms with van der Waals surface area (Å²) in [4.78, 5) is 43.7. The van der Waals surface area contributed by atoms with Gasteiger partial charge < -0.3 is 19.9 Å². The Bertz CT molecular complexity index is 1010. The van der Waals surface area contributed by atoms with Gasteiger partial charge >= 0.3 is 6.03 Å². The number of rotatable bonds is 9. The Morgan fingerprint density at radius 3 is 2.27 bits per heavy atom. The van der Waals surface area contributed by atoms with Crippen LogP contribution in [0.2, 0.25) is 5.02 Å². The third-order valence-electron chi connectivity index (χ3n) is 5.69. The Balaban J connectivity index is 1.76. The van der Waals surface area contributed by atoms with E-state index < -0.39 is 17.5 Å². The maximum atomic E-state index is 13.2. The lowest BCUT2D eigenvalue weighted by Gasteiger charge is -2.27. The monoisotopic (exact) mass is 472 g/mol. The predicted octanol–water partition coefficient (Wildman–Crippen LogP) is 2.71. The number of carbonyl (C=O) groups is 3. The zero-order chi connectivity index (χ0) is 24.2. The minimum Gasteiger partial charge on any atom is -0.497 e. The molecule has 8 nitrogen and oxygen atoms in total. The predicted molar refractivity (Wildman–Crippen MR) is 126 cm³/mol. The molecule has 0 bridgehead atoms. The number of methoxy groups -OCH3 is 1. The summed E-state index contributed by atoms with van der Waals surface area (Å²) in [6, 6.07) is 13.6. The number of hydrogen-bond donors (Lipinski definition) is 1. The van der Waals surface area contributed by atoms with Gasteiger partial charge in [-0.25, -0.2) is 4.79 Å². The van der Waals surface area contributed by atoms with E-state index in [4.69, 9.17) is 16.3 Å². The number of benzene rings is 2. The van der Waals surface area contributed by atoms with Crippen molar-refractivity contribution in [1.82, 2.24) is 20.0 Å². The van der Waals surface area contributed by atoms with Crippen LogP contribution in [-0.2, 0) is 21.7 Å². The molecule has 1 fully saturated rings. The average molecular weight is 473 g/mol. The second-order valence-electron chi connectivity index (χ2n) is 8.42. The lowest BCUT2D eigenvalue weighted by Crippen LogP contribution is -2.45. The van der Waals surface area contributed by atoms with Gasteiger partial charge in [0.1, 0.15) is 17.8 Å². The summed E-state index contributed by atoms with van der Waals surface area (Å²) in [5.41, 5.74) is 0.267. The third kappa shape index (κ3) is 5.64. The molecule has 1 heterocycles. The van der Waals surface area contributed by atoms with Gasteiger partial charge in [-0.1, -0.05) is 35.9 Å². The fraction of sp³-hybridized carbons (Fsp3) is 0.375. The number of nitrogens with one attached hydrogen (secondary N) is 1. The topological polar surface area (TPSA) is 82.2 Å². The Labute approximate surface area is 199 Å². The van der Waals surface area contributed by atoms with Crippen molar-refractivity contribution in [2.24, 2.45) is 0 Å². The average Bonchev–Trinajstić information content (AvgIpc) is 3.01. The first kappa shape index (κ1) is 24.5. The van der Waals surface area contributed by atoms with Gasteiger partial charge in [0.25, 0.3) is 5.91 Å².